The number of ether oxygens (including phenoxy) is 2. The van der Waals surface area contributed by atoms with Gasteiger partial charge in [-0.1, -0.05) is 12.1 Å². The summed E-state index contributed by atoms with van der Waals surface area (Å²) in [6.45, 7) is 1.98. The van der Waals surface area contributed by atoms with Crippen molar-refractivity contribution in [2.75, 3.05) is 40.4 Å². The largest absolute Gasteiger partial charge is 0.497 e. The Morgan fingerprint density at radius 2 is 1.60 bits per heavy atom. The van der Waals surface area contributed by atoms with Crippen LogP contribution < -0.4 is 9.47 Å². The van der Waals surface area contributed by atoms with E-state index in [2.05, 4.69) is 0 Å². The number of methoxy groups -OCH3 is 2. The van der Waals surface area contributed by atoms with Gasteiger partial charge in [0.1, 0.15) is 17.3 Å². The number of amides is 2. The molecule has 0 aromatic heterocycles. The lowest BCUT2D eigenvalue weighted by Crippen LogP contribution is -2.51. The smallest absolute Gasteiger partial charge is 0.257 e. The van der Waals surface area contributed by atoms with Gasteiger partial charge in [0, 0.05) is 38.2 Å². The summed E-state index contributed by atoms with van der Waals surface area (Å²) < 4.78 is 23.6. The van der Waals surface area contributed by atoms with Gasteiger partial charge in [-0.05, 0) is 42.2 Å². The molecule has 2 aliphatic rings. The Labute approximate surface area is 175 Å². The zero-order valence-electron chi connectivity index (χ0n) is 17.1. The minimum absolute atomic E-state index is 0.0422. The number of hydrogen-bond donors (Lipinski definition) is 0. The molecule has 0 radical (unpaired) electrons. The second-order valence-electron chi connectivity index (χ2n) is 7.68. The van der Waals surface area contributed by atoms with Gasteiger partial charge in [0.15, 0.2) is 0 Å². The maximum Gasteiger partial charge on any atom is 0.257 e. The van der Waals surface area contributed by atoms with Crippen LogP contribution in [0.3, 0.4) is 0 Å². The maximum absolute atomic E-state index is 13.1. The summed E-state index contributed by atoms with van der Waals surface area (Å²) in [7, 11) is 3.09. The summed E-state index contributed by atoms with van der Waals surface area (Å²) in [6.07, 6.45) is 0.798. The normalized spacial score (nSPS) is 20.6. The van der Waals surface area contributed by atoms with Gasteiger partial charge < -0.3 is 19.3 Å². The molecule has 1 aliphatic carbocycles. The fourth-order valence-corrected chi connectivity index (χ4v) is 4.06. The van der Waals surface area contributed by atoms with Crippen LogP contribution in [-0.4, -0.2) is 62.0 Å². The molecule has 2 fully saturated rings. The van der Waals surface area contributed by atoms with E-state index < -0.39 is 0 Å². The van der Waals surface area contributed by atoms with Gasteiger partial charge in [-0.3, -0.25) is 9.59 Å². The van der Waals surface area contributed by atoms with Crippen molar-refractivity contribution in [1.82, 2.24) is 9.80 Å². The number of nitrogens with zero attached hydrogens (tertiary/aromatic N) is 2. The Hall–Kier alpha value is -3.09. The summed E-state index contributed by atoms with van der Waals surface area (Å²) >= 11 is 0. The van der Waals surface area contributed by atoms with E-state index in [1.54, 1.807) is 42.3 Å². The third kappa shape index (κ3) is 3.97. The van der Waals surface area contributed by atoms with Crippen LogP contribution in [0.2, 0.25) is 0 Å². The molecule has 6 nitrogen and oxygen atoms in total. The van der Waals surface area contributed by atoms with E-state index >= 15 is 0 Å². The first-order chi connectivity index (χ1) is 14.5. The average Bonchev–Trinajstić information content (AvgIpc) is 3.59. The Bertz CT molecular complexity index is 939. The number of halogens is 1. The van der Waals surface area contributed by atoms with E-state index in [4.69, 9.17) is 9.47 Å². The van der Waals surface area contributed by atoms with Crippen molar-refractivity contribution in [1.29, 1.82) is 0 Å². The first kappa shape index (κ1) is 20.2. The quantitative estimate of drug-likeness (QED) is 0.758. The molecule has 0 spiro atoms. The molecule has 158 valence electrons. The molecule has 2 unspecified atom stereocenters. The highest BCUT2D eigenvalue weighted by Gasteiger charge is 2.46. The van der Waals surface area contributed by atoms with E-state index in [0.29, 0.717) is 43.2 Å². The van der Waals surface area contributed by atoms with Crippen LogP contribution in [0.1, 0.15) is 28.3 Å². The molecule has 1 saturated carbocycles. The van der Waals surface area contributed by atoms with Crippen molar-refractivity contribution in [2.24, 2.45) is 5.92 Å². The first-order valence-corrected chi connectivity index (χ1v) is 10.1. The van der Waals surface area contributed by atoms with Gasteiger partial charge in [-0.15, -0.1) is 0 Å². The summed E-state index contributed by atoms with van der Waals surface area (Å²) in [4.78, 5) is 29.4. The molecule has 1 saturated heterocycles. The molecule has 0 bridgehead atoms. The van der Waals surface area contributed by atoms with Gasteiger partial charge in [-0.2, -0.15) is 0 Å². The van der Waals surface area contributed by atoms with Crippen molar-refractivity contribution in [2.45, 2.75) is 12.3 Å². The molecule has 2 aromatic rings. The number of carbonyl (C=O) groups excluding carboxylic acids is 2. The van der Waals surface area contributed by atoms with Gasteiger partial charge in [0.05, 0.1) is 19.8 Å². The fourth-order valence-electron chi connectivity index (χ4n) is 4.06. The van der Waals surface area contributed by atoms with E-state index in [1.165, 1.54) is 19.2 Å². The molecule has 2 amide bonds. The monoisotopic (exact) mass is 412 g/mol. The highest BCUT2D eigenvalue weighted by atomic mass is 19.1. The van der Waals surface area contributed by atoms with Crippen LogP contribution in [0, 0.1) is 11.7 Å². The summed E-state index contributed by atoms with van der Waals surface area (Å²) in [5.74, 6) is 0.963. The number of benzene rings is 2. The van der Waals surface area contributed by atoms with Crippen molar-refractivity contribution >= 4 is 11.8 Å². The Morgan fingerprint density at radius 1 is 0.933 bits per heavy atom. The van der Waals surface area contributed by atoms with Crippen molar-refractivity contribution < 1.29 is 23.5 Å². The molecule has 7 heteroatoms. The molecular formula is C23H25FN2O4. The van der Waals surface area contributed by atoms with E-state index in [-0.39, 0.29) is 29.5 Å². The molecule has 4 rings (SSSR count). The van der Waals surface area contributed by atoms with Crippen molar-refractivity contribution in [3.8, 4) is 11.5 Å². The first-order valence-electron chi connectivity index (χ1n) is 10.1. The Kier molecular flexibility index (Phi) is 5.61. The fraction of sp³-hybridized carbons (Fsp3) is 0.391. The zero-order chi connectivity index (χ0) is 21.3. The molecule has 2 atom stereocenters. The van der Waals surface area contributed by atoms with Crippen LogP contribution in [-0.2, 0) is 4.79 Å². The zero-order valence-corrected chi connectivity index (χ0v) is 17.1. The minimum Gasteiger partial charge on any atom is -0.497 e. The highest BCUT2D eigenvalue weighted by molar-refractivity contribution is 5.97. The lowest BCUT2D eigenvalue weighted by Gasteiger charge is -2.35. The molecule has 1 aliphatic heterocycles. The van der Waals surface area contributed by atoms with Gasteiger partial charge >= 0.3 is 0 Å². The van der Waals surface area contributed by atoms with E-state index in [0.717, 1.165) is 12.0 Å². The summed E-state index contributed by atoms with van der Waals surface area (Å²) in [5.41, 5.74) is 1.49. The lowest BCUT2D eigenvalue weighted by molar-refractivity contribution is -0.134. The molecule has 30 heavy (non-hydrogen) atoms. The van der Waals surface area contributed by atoms with Gasteiger partial charge in [-0.25, -0.2) is 4.39 Å². The van der Waals surface area contributed by atoms with Crippen LogP contribution >= 0.6 is 0 Å². The number of piperazine rings is 1. The van der Waals surface area contributed by atoms with Crippen LogP contribution in [0.4, 0.5) is 4.39 Å². The van der Waals surface area contributed by atoms with Crippen LogP contribution in [0.25, 0.3) is 0 Å². The molecule has 0 N–H and O–H groups in total. The number of rotatable bonds is 5. The topological polar surface area (TPSA) is 59.1 Å². The van der Waals surface area contributed by atoms with Crippen LogP contribution in [0.5, 0.6) is 11.5 Å². The van der Waals surface area contributed by atoms with Crippen molar-refractivity contribution in [3.05, 3.63) is 59.4 Å². The van der Waals surface area contributed by atoms with E-state index in [9.17, 15) is 14.0 Å². The maximum atomic E-state index is 13.1. The third-order valence-electron chi connectivity index (χ3n) is 5.92. The van der Waals surface area contributed by atoms with E-state index in [1.807, 2.05) is 4.90 Å². The summed E-state index contributed by atoms with van der Waals surface area (Å²) in [6, 6.07) is 11.5. The third-order valence-corrected chi connectivity index (χ3v) is 5.92. The van der Waals surface area contributed by atoms with Crippen LogP contribution in [0.15, 0.2) is 42.5 Å². The Balaban J connectivity index is 1.34. The molecular weight excluding hydrogens is 387 g/mol. The van der Waals surface area contributed by atoms with Crippen molar-refractivity contribution in [3.63, 3.8) is 0 Å². The predicted molar refractivity (Wildman–Crippen MR) is 109 cm³/mol. The lowest BCUT2D eigenvalue weighted by atomic mass is 10.1. The second kappa shape index (κ2) is 8.34. The number of carbonyl (C=O) groups is 2. The van der Waals surface area contributed by atoms with Gasteiger partial charge in [0.2, 0.25) is 5.91 Å². The SMILES string of the molecule is COc1ccc(C(=O)N2CCN(C(=O)C3CC3c3ccc(F)cc3)CC2)c(OC)c1. The standard InChI is InChI=1S/C23H25FN2O4/c1-29-17-7-8-18(21(13-17)30-2)22(27)25-9-11-26(12-10-25)23(28)20-14-19(20)15-3-5-16(24)6-4-15/h3-8,13,19-20H,9-12,14H2,1-2H3. The predicted octanol–water partition coefficient (Wildman–Crippen LogP) is 2.93. The Morgan fingerprint density at radius 3 is 2.23 bits per heavy atom. The molecule has 1 heterocycles. The second-order valence-corrected chi connectivity index (χ2v) is 7.68. The average molecular weight is 412 g/mol. The van der Waals surface area contributed by atoms with Gasteiger partial charge in [0.25, 0.3) is 5.91 Å². The summed E-state index contributed by atoms with van der Waals surface area (Å²) in [5, 5.41) is 0. The minimum atomic E-state index is -0.267. The molecule has 2 aromatic carbocycles. The highest BCUT2D eigenvalue weighted by Crippen LogP contribution is 2.48. The number of hydrogen-bond acceptors (Lipinski definition) is 4.